The molecule has 16 nitrogen and oxygen atoms in total. The number of amides is 3. The van der Waals surface area contributed by atoms with Gasteiger partial charge in [0.2, 0.25) is 0 Å². The number of nitro groups is 1. The molecule has 2 unspecified atom stereocenters. The topological polar surface area (TPSA) is 179 Å². The number of fused-ring (bicyclic) bond motifs is 2. The van der Waals surface area contributed by atoms with Crippen LogP contribution in [0.2, 0.25) is 0 Å². The third-order valence-corrected chi connectivity index (χ3v) is 13.0. The summed E-state index contributed by atoms with van der Waals surface area (Å²) in [7, 11) is 3.17. The lowest BCUT2D eigenvalue weighted by molar-refractivity contribution is -0.384. The average Bonchev–Trinajstić information content (AvgIpc) is 3.65. The van der Waals surface area contributed by atoms with E-state index >= 15 is 0 Å². The molecule has 0 radical (unpaired) electrons. The lowest BCUT2D eigenvalue weighted by Crippen LogP contribution is -2.64. The third-order valence-electron chi connectivity index (χ3n) is 13.0. The number of urea groups is 1. The number of aliphatic hydroxyl groups is 1. The molecule has 6 aliphatic rings. The van der Waals surface area contributed by atoms with Crippen LogP contribution in [0.5, 0.6) is 0 Å². The number of carbonyl (C=O) groups excluding carboxylic acids is 4. The van der Waals surface area contributed by atoms with Crippen LogP contribution in [-0.2, 0) is 23.9 Å². The van der Waals surface area contributed by atoms with E-state index in [1.165, 1.54) is 29.7 Å². The summed E-state index contributed by atoms with van der Waals surface area (Å²) in [6.45, 7) is 13.2. The number of allylic oxidation sites excluding steroid dienone is 3. The number of nitro benzene ring substituents is 1. The minimum atomic E-state index is -0.597. The third kappa shape index (κ3) is 10.1. The molecule has 322 valence electrons. The number of likely N-dealkylation sites (N-methyl/N-ethyl adjacent to an activating group) is 2. The van der Waals surface area contributed by atoms with Gasteiger partial charge in [0.1, 0.15) is 12.2 Å². The minimum Gasteiger partial charge on any atom is -0.462 e. The number of nitrogens with zero attached hydrogens (tertiary/aromatic N) is 7. The Balaban J connectivity index is 0.000000199. The molecule has 7 rings (SSSR count). The van der Waals surface area contributed by atoms with Crippen molar-refractivity contribution in [3.8, 4) is 0 Å². The Morgan fingerprint density at radius 1 is 1.05 bits per heavy atom. The molecule has 3 amide bonds. The molecule has 1 aromatic rings. The van der Waals surface area contributed by atoms with E-state index in [-0.39, 0.29) is 60.0 Å². The fourth-order valence-corrected chi connectivity index (χ4v) is 9.24. The number of hydrogen-bond acceptors (Lipinski definition) is 13. The van der Waals surface area contributed by atoms with Gasteiger partial charge in [-0.2, -0.15) is 0 Å². The highest BCUT2D eigenvalue weighted by molar-refractivity contribution is 6.01. The Hall–Kier alpha value is -4.83. The summed E-state index contributed by atoms with van der Waals surface area (Å²) >= 11 is 0. The first-order chi connectivity index (χ1) is 28.1. The minimum absolute atomic E-state index is 0.0854. The van der Waals surface area contributed by atoms with Crippen LogP contribution in [0.1, 0.15) is 66.2 Å². The van der Waals surface area contributed by atoms with Crippen molar-refractivity contribution >= 4 is 41.6 Å². The maximum absolute atomic E-state index is 12.6. The maximum Gasteiger partial charge on any atom is 0.328 e. The van der Waals surface area contributed by atoms with E-state index in [0.717, 1.165) is 69.0 Å². The molecule has 0 saturated carbocycles. The summed E-state index contributed by atoms with van der Waals surface area (Å²) in [5, 5.41) is 20.7. The van der Waals surface area contributed by atoms with E-state index in [0.29, 0.717) is 30.7 Å². The number of carbonyl (C=O) groups is 4. The smallest absolute Gasteiger partial charge is 0.328 e. The number of ether oxygens (including phenoxy) is 2. The van der Waals surface area contributed by atoms with Gasteiger partial charge in [-0.25, -0.2) is 9.79 Å². The second-order valence-corrected chi connectivity index (χ2v) is 17.1. The zero-order valence-corrected chi connectivity index (χ0v) is 35.2. The number of piperazine rings is 1. The van der Waals surface area contributed by atoms with Gasteiger partial charge in [0, 0.05) is 83.5 Å². The molecular formula is C43H61N7O9. The van der Waals surface area contributed by atoms with Crippen LogP contribution >= 0.6 is 0 Å². The van der Waals surface area contributed by atoms with Gasteiger partial charge in [0.05, 0.1) is 29.7 Å². The molecule has 0 aromatic heterocycles. The van der Waals surface area contributed by atoms with E-state index in [9.17, 15) is 34.4 Å². The molecule has 0 spiro atoms. The first-order valence-electron chi connectivity index (χ1n) is 21.2. The normalized spacial score (nSPS) is 31.1. The fourth-order valence-electron chi connectivity index (χ4n) is 9.24. The van der Waals surface area contributed by atoms with Gasteiger partial charge < -0.3 is 29.3 Å². The van der Waals surface area contributed by atoms with Crippen molar-refractivity contribution in [1.29, 1.82) is 0 Å². The summed E-state index contributed by atoms with van der Waals surface area (Å²) in [5.41, 5.74) is 2.35. The molecular weight excluding hydrogens is 759 g/mol. The number of rotatable bonds is 11. The maximum atomic E-state index is 12.6. The highest BCUT2D eigenvalue weighted by atomic mass is 16.6. The Kier molecular flexibility index (Phi) is 14.1. The SMILES string of the molecule is CC[C@H](C)C(=O)O[C@H]1C[C@@H](C)C=C2C=C[C@H](C)[C@H](CC[C@@H]3C[C@@H](O)CC(=O)O3)[C@H]21.CN1C(=O)C2C(N=CN2CCN2CCN(c3ccc([N+](=O)[O-])cc3)CC2)N(C)C1=O. The Morgan fingerprint density at radius 2 is 1.76 bits per heavy atom. The second kappa shape index (κ2) is 19.0. The van der Waals surface area contributed by atoms with E-state index in [4.69, 9.17) is 9.47 Å². The molecule has 4 aliphatic heterocycles. The van der Waals surface area contributed by atoms with Crippen molar-refractivity contribution in [3.63, 3.8) is 0 Å². The van der Waals surface area contributed by atoms with Crippen molar-refractivity contribution in [2.75, 3.05) is 58.3 Å². The summed E-state index contributed by atoms with van der Waals surface area (Å²) < 4.78 is 11.5. The molecule has 10 atom stereocenters. The van der Waals surface area contributed by atoms with Crippen LogP contribution < -0.4 is 4.90 Å². The van der Waals surface area contributed by atoms with Gasteiger partial charge in [-0.05, 0) is 61.1 Å². The molecule has 3 fully saturated rings. The number of hydrogen-bond donors (Lipinski definition) is 1. The van der Waals surface area contributed by atoms with Gasteiger partial charge in [-0.15, -0.1) is 0 Å². The molecule has 1 aromatic carbocycles. The summed E-state index contributed by atoms with van der Waals surface area (Å²) in [6, 6.07) is 5.85. The number of aliphatic hydroxyl groups excluding tert-OH is 1. The average molecular weight is 820 g/mol. The van der Waals surface area contributed by atoms with Crippen LogP contribution in [0.4, 0.5) is 16.2 Å². The second-order valence-electron chi connectivity index (χ2n) is 17.1. The fraction of sp³-hybridized carbons (Fsp3) is 0.651. The van der Waals surface area contributed by atoms with Crippen molar-refractivity contribution in [2.24, 2.45) is 34.6 Å². The largest absolute Gasteiger partial charge is 0.462 e. The number of benzene rings is 1. The number of non-ortho nitro benzene ring substituents is 1. The van der Waals surface area contributed by atoms with Crippen molar-refractivity contribution in [3.05, 3.63) is 58.2 Å². The van der Waals surface area contributed by atoms with Gasteiger partial charge >= 0.3 is 18.0 Å². The Bertz CT molecular complexity index is 1790. The molecule has 1 N–H and O–H groups in total. The van der Waals surface area contributed by atoms with Crippen LogP contribution in [0.3, 0.4) is 0 Å². The lowest BCUT2D eigenvalue weighted by Gasteiger charge is -2.43. The standard InChI is InChI=1S/C24H36O5.C19H25N7O4/c1-5-15(3)24(27)29-21-11-14(2)10-17-7-6-16(4)20(23(17)21)9-8-19-12-18(25)13-22(26)28-19;1-21-17-16(18(27)22(2)19(21)28)25(13-20-17)12-9-23-7-10-24(11-8-23)14-3-5-15(6-4-14)26(29)30/h6-7,10,14-16,18-21,23,25H,5,8-9,11-13H2,1-4H3;3-6,13,16-17H,7-12H2,1-2H3/t14-,15-,16-,18+,19+,20-,21-,23-;/m0./s1. The van der Waals surface area contributed by atoms with Crippen molar-refractivity contribution < 1.29 is 38.7 Å². The first-order valence-corrected chi connectivity index (χ1v) is 21.2. The van der Waals surface area contributed by atoms with E-state index < -0.39 is 23.2 Å². The monoisotopic (exact) mass is 819 g/mol. The van der Waals surface area contributed by atoms with Gasteiger partial charge in [-0.3, -0.25) is 34.3 Å². The quantitative estimate of drug-likeness (QED) is 0.189. The predicted octanol–water partition coefficient (Wildman–Crippen LogP) is 4.47. The van der Waals surface area contributed by atoms with Crippen LogP contribution in [0, 0.1) is 39.7 Å². The molecule has 59 heavy (non-hydrogen) atoms. The summed E-state index contributed by atoms with van der Waals surface area (Å²) in [5.74, 6) is 0.536. The van der Waals surface area contributed by atoms with Crippen LogP contribution in [-0.4, -0.2) is 144 Å². The lowest BCUT2D eigenvalue weighted by atomic mass is 9.65. The summed E-state index contributed by atoms with van der Waals surface area (Å²) in [6.07, 6.45) is 10.9. The zero-order valence-electron chi connectivity index (χ0n) is 35.2. The zero-order chi connectivity index (χ0) is 42.5. The Labute approximate surface area is 347 Å². The van der Waals surface area contributed by atoms with Crippen molar-refractivity contribution in [1.82, 2.24) is 19.6 Å². The molecule has 3 saturated heterocycles. The molecule has 4 heterocycles. The van der Waals surface area contributed by atoms with E-state index in [1.54, 1.807) is 25.5 Å². The highest BCUT2D eigenvalue weighted by Gasteiger charge is 2.48. The summed E-state index contributed by atoms with van der Waals surface area (Å²) in [4.78, 5) is 72.8. The van der Waals surface area contributed by atoms with Crippen LogP contribution in [0.25, 0.3) is 0 Å². The molecule has 0 bridgehead atoms. The van der Waals surface area contributed by atoms with E-state index in [2.05, 4.69) is 46.9 Å². The first kappa shape index (κ1) is 43.7. The van der Waals surface area contributed by atoms with E-state index in [1.807, 2.05) is 18.7 Å². The molecule has 16 heteroatoms. The van der Waals surface area contributed by atoms with Gasteiger partial charge in [0.15, 0.2) is 12.2 Å². The predicted molar refractivity (Wildman–Crippen MR) is 221 cm³/mol. The number of esters is 2. The number of imide groups is 1. The Morgan fingerprint density at radius 3 is 2.42 bits per heavy atom. The number of aliphatic imine (C=N–C) groups is 1. The number of anilines is 1. The van der Waals surface area contributed by atoms with Gasteiger partial charge in [0.25, 0.3) is 11.6 Å². The van der Waals surface area contributed by atoms with Gasteiger partial charge in [-0.1, -0.05) is 45.9 Å². The van der Waals surface area contributed by atoms with Crippen LogP contribution in [0.15, 0.2) is 53.1 Å². The molecule has 2 aliphatic carbocycles. The highest BCUT2D eigenvalue weighted by Crippen LogP contribution is 2.45. The van der Waals surface area contributed by atoms with Crippen molar-refractivity contribution in [2.45, 2.75) is 96.7 Å². The number of cyclic esters (lactones) is 1.